The van der Waals surface area contributed by atoms with Gasteiger partial charge in [0.15, 0.2) is 23.8 Å². The summed E-state index contributed by atoms with van der Waals surface area (Å²) in [6, 6.07) is 20.5. The van der Waals surface area contributed by atoms with Crippen LogP contribution in [0, 0.1) is 0 Å². The van der Waals surface area contributed by atoms with Crippen LogP contribution in [0.2, 0.25) is 0 Å². The molecule has 15 nitrogen and oxygen atoms in total. The Kier molecular flexibility index (Phi) is 14.3. The number of carbonyl (C=O) groups excluding carboxylic acids is 2. The molecule has 0 aliphatic carbocycles. The Morgan fingerprint density at radius 3 is 2.29 bits per heavy atom. The molecular weight excluding hydrogens is 797 g/mol. The molecule has 0 bridgehead atoms. The zero-order valence-electron chi connectivity index (χ0n) is 34.0. The third-order valence-electron chi connectivity index (χ3n) is 9.17. The van der Waals surface area contributed by atoms with Crippen molar-refractivity contribution in [2.45, 2.75) is 82.7 Å². The summed E-state index contributed by atoms with van der Waals surface area (Å²) < 4.78 is 36.6. The van der Waals surface area contributed by atoms with Gasteiger partial charge < -0.3 is 44.6 Å². The summed E-state index contributed by atoms with van der Waals surface area (Å²) in [5.74, 6) is 1.00. The number of esters is 1. The fourth-order valence-electron chi connectivity index (χ4n) is 6.46. The fourth-order valence-corrected chi connectivity index (χ4v) is 8.62. The van der Waals surface area contributed by atoms with Gasteiger partial charge in [-0.3, -0.25) is 4.57 Å². The van der Waals surface area contributed by atoms with E-state index in [-0.39, 0.29) is 30.0 Å². The van der Waals surface area contributed by atoms with Gasteiger partial charge in [0.05, 0.1) is 33.8 Å². The maximum absolute atomic E-state index is 14.0. The van der Waals surface area contributed by atoms with Crippen LogP contribution in [0.15, 0.2) is 79.4 Å². The third kappa shape index (κ3) is 10.8. The zero-order valence-corrected chi connectivity index (χ0v) is 35.6. The lowest BCUT2D eigenvalue weighted by molar-refractivity contribution is -0.160. The van der Waals surface area contributed by atoms with Gasteiger partial charge in [-0.1, -0.05) is 77.9 Å². The zero-order chi connectivity index (χ0) is 42.3. The predicted molar refractivity (Wildman–Crippen MR) is 228 cm³/mol. The van der Waals surface area contributed by atoms with Gasteiger partial charge in [0, 0.05) is 11.0 Å². The number of aliphatic hydroxyl groups is 1. The van der Waals surface area contributed by atoms with Crippen molar-refractivity contribution in [3.8, 4) is 33.8 Å². The number of nitrogens with zero attached hydrogens (tertiary/aromatic N) is 4. The highest BCUT2D eigenvalue weighted by Gasteiger charge is 2.49. The number of aliphatic hydroxyl groups excluding tert-OH is 1. The first kappa shape index (κ1) is 43.5. The molecule has 5 aromatic rings. The molecule has 5 atom stereocenters. The molecule has 59 heavy (non-hydrogen) atoms. The number of hydrogen-bond donors (Lipinski definition) is 3. The highest BCUT2D eigenvalue weighted by Crippen LogP contribution is 2.38. The Hall–Kier alpha value is -5.07. The molecule has 3 aromatic carbocycles. The van der Waals surface area contributed by atoms with Crippen LogP contribution in [0.3, 0.4) is 0 Å². The van der Waals surface area contributed by atoms with Crippen molar-refractivity contribution in [2.75, 3.05) is 32.3 Å². The van der Waals surface area contributed by atoms with Crippen molar-refractivity contribution >= 4 is 50.6 Å². The molecule has 0 spiro atoms. The number of ether oxygens (including phenoxy) is 6. The number of aromatic nitrogens is 4. The first-order chi connectivity index (χ1) is 28.3. The van der Waals surface area contributed by atoms with E-state index in [1.54, 1.807) is 45.8 Å². The van der Waals surface area contributed by atoms with Crippen LogP contribution in [0.5, 0.6) is 11.5 Å². The summed E-state index contributed by atoms with van der Waals surface area (Å²) in [6.45, 7) is 9.30. The molecule has 2 aromatic heterocycles. The van der Waals surface area contributed by atoms with E-state index in [0.29, 0.717) is 11.2 Å². The van der Waals surface area contributed by atoms with Gasteiger partial charge in [0.25, 0.3) is 0 Å². The van der Waals surface area contributed by atoms with Crippen molar-refractivity contribution < 1.29 is 43.1 Å². The smallest absolute Gasteiger partial charge is 0.408 e. The van der Waals surface area contributed by atoms with Gasteiger partial charge in [-0.15, -0.1) is 0 Å². The van der Waals surface area contributed by atoms with Gasteiger partial charge >= 0.3 is 12.1 Å². The van der Waals surface area contributed by atoms with Crippen molar-refractivity contribution in [3.63, 3.8) is 0 Å². The number of imidazole rings is 1. The summed E-state index contributed by atoms with van der Waals surface area (Å²) in [5, 5.41) is 14.8. The molecule has 314 valence electrons. The monoisotopic (exact) mass is 846 g/mol. The van der Waals surface area contributed by atoms with Gasteiger partial charge in [-0.05, 0) is 72.9 Å². The van der Waals surface area contributed by atoms with Crippen molar-refractivity contribution in [1.29, 1.82) is 0 Å². The quantitative estimate of drug-likeness (QED) is 0.0691. The van der Waals surface area contributed by atoms with Crippen molar-refractivity contribution in [1.82, 2.24) is 24.8 Å². The molecule has 17 heteroatoms. The SMILES string of the molecule is COc1ccc(-c2cccc(COC[C@H]3O[C@@H](n4cnc5c(N)ncnc54)[C@H](OC(=O)C(CSSC(C)C)NC(=O)OC(C)(C)C)[C@@H]3O)c2-c2ccc(OC)cc2)cc1. The molecule has 6 rings (SSSR count). The Balaban J connectivity index is 1.26. The van der Waals surface area contributed by atoms with Gasteiger partial charge in [-0.2, -0.15) is 0 Å². The summed E-state index contributed by atoms with van der Waals surface area (Å²) in [4.78, 5) is 39.6. The molecule has 1 aliphatic rings. The van der Waals surface area contributed by atoms with E-state index in [4.69, 9.17) is 34.2 Å². The number of methoxy groups -OCH3 is 2. The van der Waals surface area contributed by atoms with Crippen LogP contribution in [-0.4, -0.2) is 98.5 Å². The maximum atomic E-state index is 14.0. The third-order valence-corrected chi connectivity index (χ3v) is 12.1. The number of alkyl carbamates (subject to hydrolysis) is 1. The Morgan fingerprint density at radius 1 is 0.966 bits per heavy atom. The highest BCUT2D eigenvalue weighted by atomic mass is 33.1. The molecule has 1 fully saturated rings. The van der Waals surface area contributed by atoms with Crippen LogP contribution in [-0.2, 0) is 30.3 Å². The molecule has 1 aliphatic heterocycles. The van der Waals surface area contributed by atoms with Crippen LogP contribution >= 0.6 is 21.6 Å². The van der Waals surface area contributed by atoms with E-state index in [2.05, 4.69) is 26.3 Å². The second-order valence-corrected chi connectivity index (χ2v) is 18.0. The van der Waals surface area contributed by atoms with E-state index in [1.165, 1.54) is 28.0 Å². The van der Waals surface area contributed by atoms with Gasteiger partial charge in [0.2, 0.25) is 0 Å². The Bertz CT molecular complexity index is 2200. The lowest BCUT2D eigenvalue weighted by Gasteiger charge is -2.26. The number of nitrogens with two attached hydrogens (primary N) is 1. The topological polar surface area (TPSA) is 191 Å². The number of nitrogen functional groups attached to an aromatic ring is 1. The molecule has 4 N–H and O–H groups in total. The minimum atomic E-state index is -1.37. The highest BCUT2D eigenvalue weighted by molar-refractivity contribution is 8.76. The minimum absolute atomic E-state index is 0.0786. The number of benzene rings is 3. The number of amides is 1. The lowest BCUT2D eigenvalue weighted by atomic mass is 9.90. The molecule has 1 amide bonds. The van der Waals surface area contributed by atoms with E-state index >= 15 is 0 Å². The van der Waals surface area contributed by atoms with E-state index in [1.807, 2.05) is 74.5 Å². The predicted octanol–water partition coefficient (Wildman–Crippen LogP) is 6.83. The van der Waals surface area contributed by atoms with Crippen LogP contribution in [0.4, 0.5) is 10.6 Å². The molecule has 0 radical (unpaired) electrons. The van der Waals surface area contributed by atoms with Crippen molar-refractivity contribution in [3.05, 3.63) is 84.9 Å². The number of rotatable bonds is 16. The average molecular weight is 847 g/mol. The number of carbonyl (C=O) groups is 2. The molecule has 3 heterocycles. The Morgan fingerprint density at radius 2 is 1.64 bits per heavy atom. The largest absolute Gasteiger partial charge is 0.497 e. The van der Waals surface area contributed by atoms with E-state index in [0.717, 1.165) is 39.3 Å². The summed E-state index contributed by atoms with van der Waals surface area (Å²) >= 11 is 0. The maximum Gasteiger partial charge on any atom is 0.408 e. The second-order valence-electron chi connectivity index (χ2n) is 15.0. The van der Waals surface area contributed by atoms with E-state index in [9.17, 15) is 14.7 Å². The van der Waals surface area contributed by atoms with Crippen LogP contribution < -0.4 is 20.5 Å². The first-order valence-corrected chi connectivity index (χ1v) is 21.4. The number of anilines is 1. The summed E-state index contributed by atoms with van der Waals surface area (Å²) in [7, 11) is 6.21. The van der Waals surface area contributed by atoms with Crippen LogP contribution in [0.25, 0.3) is 33.4 Å². The molecule has 1 saturated heterocycles. The lowest BCUT2D eigenvalue weighted by Crippen LogP contribution is -2.48. The minimum Gasteiger partial charge on any atom is -0.497 e. The fraction of sp³-hybridized carbons (Fsp3) is 0.405. The second kappa shape index (κ2) is 19.3. The number of hydrogen-bond acceptors (Lipinski definition) is 15. The van der Waals surface area contributed by atoms with Crippen molar-refractivity contribution in [2.24, 2.45) is 0 Å². The molecule has 0 saturated carbocycles. The van der Waals surface area contributed by atoms with Gasteiger partial charge in [0.1, 0.15) is 47.2 Å². The Labute approximate surface area is 351 Å². The standard InChI is InChI=1S/C42H50N6O9S2/c1-24(2)59-58-21-31(47-41(51)57-42(3,4)5)40(50)56-36-35(49)32(55-39(36)48-23-46-34-37(43)44-22-45-38(34)48)20-54-19-27-9-8-10-30(25-11-15-28(52-6)16-12-25)33(27)26-13-17-29(53-7)18-14-26/h8-18,22-24,31-32,35-36,39,49H,19-21H2,1-7H3,(H,47,51)(H2,43,44,45)/t31?,32-,35-,36-,39-/m1/s1. The summed E-state index contributed by atoms with van der Waals surface area (Å²) in [5.41, 5.74) is 10.7. The molecular formula is C42H50N6O9S2. The number of fused-ring (bicyclic) bond motifs is 1. The van der Waals surface area contributed by atoms with E-state index < -0.39 is 48.2 Å². The summed E-state index contributed by atoms with van der Waals surface area (Å²) in [6.07, 6.45) is -2.77. The number of nitrogens with one attached hydrogen (secondary N) is 1. The van der Waals surface area contributed by atoms with Gasteiger partial charge in [-0.25, -0.2) is 24.5 Å². The normalized spacial score (nSPS) is 18.5. The first-order valence-electron chi connectivity index (χ1n) is 19.0. The van der Waals surface area contributed by atoms with Crippen LogP contribution in [0.1, 0.15) is 46.4 Å². The average Bonchev–Trinajstić information content (AvgIpc) is 3.77. The molecule has 1 unspecified atom stereocenters.